The van der Waals surface area contributed by atoms with Crippen LogP contribution in [0.2, 0.25) is 25.7 Å². The second-order valence-electron chi connectivity index (χ2n) is 4.55. The van der Waals surface area contributed by atoms with Gasteiger partial charge >= 0.3 is 0 Å². The highest BCUT2D eigenvalue weighted by Crippen LogP contribution is 2.18. The number of rotatable bonds is 6. The molecule has 0 radical (unpaired) electrons. The molecule has 0 aromatic carbocycles. The predicted molar refractivity (Wildman–Crippen MR) is 57.2 cm³/mol. The molecule has 0 amide bonds. The first-order valence-corrected chi connectivity index (χ1v) is 8.27. The second-order valence-corrected chi connectivity index (χ2v) is 10.0. The smallest absolute Gasteiger partial charge is 0.120 e. The van der Waals surface area contributed by atoms with Gasteiger partial charge in [-0.1, -0.05) is 25.2 Å². The molecule has 1 nitrogen and oxygen atoms in total. The molecule has 0 aliphatic carbocycles. The predicted octanol–water partition coefficient (Wildman–Crippen LogP) is 3.25. The molecular formula is C10H20OSi. The van der Waals surface area contributed by atoms with Crippen LogP contribution in [0.25, 0.3) is 0 Å². The van der Waals surface area contributed by atoms with Crippen LogP contribution in [0.5, 0.6) is 0 Å². The SMILES string of the molecule is C=C(CCCC=O)C[Si](C)(C)C. The molecular weight excluding hydrogens is 164 g/mol. The maximum atomic E-state index is 10.1. The fourth-order valence-electron chi connectivity index (χ4n) is 1.27. The van der Waals surface area contributed by atoms with Crippen molar-refractivity contribution in [2.24, 2.45) is 0 Å². The van der Waals surface area contributed by atoms with Crippen LogP contribution in [-0.4, -0.2) is 14.4 Å². The molecule has 0 saturated carbocycles. The van der Waals surface area contributed by atoms with Crippen molar-refractivity contribution in [1.82, 2.24) is 0 Å². The lowest BCUT2D eigenvalue weighted by molar-refractivity contribution is -0.107. The Morgan fingerprint density at radius 3 is 2.42 bits per heavy atom. The van der Waals surface area contributed by atoms with E-state index in [1.165, 1.54) is 11.6 Å². The minimum absolute atomic E-state index is 0.685. The summed E-state index contributed by atoms with van der Waals surface area (Å²) in [6.07, 6.45) is 3.68. The molecule has 0 N–H and O–H groups in total. The molecule has 70 valence electrons. The van der Waals surface area contributed by atoms with Crippen LogP contribution in [0, 0.1) is 0 Å². The molecule has 0 aliphatic heterocycles. The average Bonchev–Trinajstić information content (AvgIpc) is 1.84. The topological polar surface area (TPSA) is 17.1 Å². The van der Waals surface area contributed by atoms with Gasteiger partial charge in [-0.25, -0.2) is 0 Å². The average molecular weight is 184 g/mol. The number of carbonyl (C=O) groups is 1. The van der Waals surface area contributed by atoms with Crippen molar-refractivity contribution in [1.29, 1.82) is 0 Å². The quantitative estimate of drug-likeness (QED) is 0.268. The Morgan fingerprint density at radius 1 is 1.42 bits per heavy atom. The standard InChI is InChI=1S/C10H20OSi/c1-10(7-5-6-8-11)9-12(2,3)4/h8H,1,5-7,9H2,2-4H3. The summed E-state index contributed by atoms with van der Waals surface area (Å²) in [4.78, 5) is 10.1. The Bertz CT molecular complexity index is 156. The maximum Gasteiger partial charge on any atom is 0.120 e. The minimum Gasteiger partial charge on any atom is -0.303 e. The monoisotopic (exact) mass is 184 g/mol. The van der Waals surface area contributed by atoms with Crippen LogP contribution in [0.3, 0.4) is 0 Å². The van der Waals surface area contributed by atoms with Crippen LogP contribution < -0.4 is 0 Å². The van der Waals surface area contributed by atoms with Crippen molar-refractivity contribution < 1.29 is 4.79 Å². The van der Waals surface area contributed by atoms with Gasteiger partial charge in [0.05, 0.1) is 0 Å². The van der Waals surface area contributed by atoms with Gasteiger partial charge in [0, 0.05) is 14.5 Å². The van der Waals surface area contributed by atoms with Crippen molar-refractivity contribution in [3.63, 3.8) is 0 Å². The zero-order valence-corrected chi connectivity index (χ0v) is 9.52. The lowest BCUT2D eigenvalue weighted by Crippen LogP contribution is -2.19. The van der Waals surface area contributed by atoms with Gasteiger partial charge in [-0.2, -0.15) is 0 Å². The summed E-state index contributed by atoms with van der Waals surface area (Å²) in [7, 11) is -0.968. The van der Waals surface area contributed by atoms with Crippen molar-refractivity contribution in [3.05, 3.63) is 12.2 Å². The first-order valence-electron chi connectivity index (χ1n) is 4.56. The zero-order valence-electron chi connectivity index (χ0n) is 8.52. The molecule has 0 rings (SSSR count). The molecule has 0 atom stereocenters. The molecule has 0 bridgehead atoms. The van der Waals surface area contributed by atoms with Crippen LogP contribution in [0.1, 0.15) is 19.3 Å². The molecule has 0 saturated heterocycles. The van der Waals surface area contributed by atoms with Gasteiger partial charge in [0.15, 0.2) is 0 Å². The van der Waals surface area contributed by atoms with Gasteiger partial charge in [-0.3, -0.25) is 0 Å². The Morgan fingerprint density at radius 2 is 2.00 bits per heavy atom. The van der Waals surface area contributed by atoms with Crippen molar-refractivity contribution in [2.45, 2.75) is 44.9 Å². The largest absolute Gasteiger partial charge is 0.303 e. The highest BCUT2D eigenvalue weighted by molar-refractivity contribution is 6.76. The maximum absolute atomic E-state index is 10.1. The molecule has 0 aromatic heterocycles. The Hall–Kier alpha value is -0.373. The van der Waals surface area contributed by atoms with Crippen LogP contribution >= 0.6 is 0 Å². The first-order chi connectivity index (χ1) is 5.45. The Labute approximate surface area is 76.9 Å². The van der Waals surface area contributed by atoms with E-state index in [-0.39, 0.29) is 0 Å². The van der Waals surface area contributed by atoms with Gasteiger partial charge in [-0.15, -0.1) is 6.58 Å². The van der Waals surface area contributed by atoms with Gasteiger partial charge in [0.25, 0.3) is 0 Å². The third-order valence-electron chi connectivity index (χ3n) is 1.63. The Kier molecular flexibility index (Phi) is 5.14. The van der Waals surface area contributed by atoms with E-state index in [4.69, 9.17) is 0 Å². The van der Waals surface area contributed by atoms with Crippen molar-refractivity contribution >= 4 is 14.4 Å². The van der Waals surface area contributed by atoms with Gasteiger partial charge in [-0.05, 0) is 18.9 Å². The fraction of sp³-hybridized carbons (Fsp3) is 0.700. The van der Waals surface area contributed by atoms with Gasteiger partial charge in [0.1, 0.15) is 6.29 Å². The molecule has 0 aromatic rings. The minimum atomic E-state index is -0.968. The molecule has 12 heavy (non-hydrogen) atoms. The fourth-order valence-corrected chi connectivity index (χ4v) is 2.95. The van der Waals surface area contributed by atoms with Crippen LogP contribution in [0.15, 0.2) is 12.2 Å². The van der Waals surface area contributed by atoms with E-state index < -0.39 is 8.07 Å². The van der Waals surface area contributed by atoms with E-state index in [1.807, 2.05) is 0 Å². The third-order valence-corrected chi connectivity index (χ3v) is 3.19. The summed E-state index contributed by atoms with van der Waals surface area (Å²) < 4.78 is 0. The summed E-state index contributed by atoms with van der Waals surface area (Å²) >= 11 is 0. The highest BCUT2D eigenvalue weighted by atomic mass is 28.3. The summed E-state index contributed by atoms with van der Waals surface area (Å²) in [6, 6.07) is 1.20. The summed E-state index contributed by atoms with van der Waals surface area (Å²) in [5.41, 5.74) is 1.33. The Balaban J connectivity index is 3.53. The van der Waals surface area contributed by atoms with E-state index >= 15 is 0 Å². The summed E-state index contributed by atoms with van der Waals surface area (Å²) in [5.74, 6) is 0. The number of allylic oxidation sites excluding steroid dienone is 1. The lowest BCUT2D eigenvalue weighted by Gasteiger charge is -2.17. The summed E-state index contributed by atoms with van der Waals surface area (Å²) in [5, 5.41) is 0. The molecule has 0 spiro atoms. The third kappa shape index (κ3) is 7.73. The first kappa shape index (κ1) is 11.6. The van der Waals surface area contributed by atoms with Crippen LogP contribution in [-0.2, 0) is 4.79 Å². The zero-order chi connectivity index (χ0) is 9.61. The summed E-state index contributed by atoms with van der Waals surface area (Å²) in [6.45, 7) is 11.1. The number of aldehydes is 1. The van der Waals surface area contributed by atoms with Gasteiger partial charge in [0.2, 0.25) is 0 Å². The number of unbranched alkanes of at least 4 members (excludes halogenated alkanes) is 1. The lowest BCUT2D eigenvalue weighted by atomic mass is 10.1. The van der Waals surface area contributed by atoms with E-state index in [1.54, 1.807) is 0 Å². The molecule has 0 heterocycles. The normalized spacial score (nSPS) is 11.2. The highest BCUT2D eigenvalue weighted by Gasteiger charge is 2.13. The molecule has 0 unspecified atom stereocenters. The van der Waals surface area contributed by atoms with E-state index in [0.29, 0.717) is 6.42 Å². The van der Waals surface area contributed by atoms with Crippen molar-refractivity contribution in [3.8, 4) is 0 Å². The molecule has 0 fully saturated rings. The number of carbonyl (C=O) groups excluding carboxylic acids is 1. The van der Waals surface area contributed by atoms with E-state index in [9.17, 15) is 4.79 Å². The number of hydrogen-bond donors (Lipinski definition) is 0. The van der Waals surface area contributed by atoms with E-state index in [2.05, 4.69) is 26.2 Å². The van der Waals surface area contributed by atoms with Crippen molar-refractivity contribution in [2.75, 3.05) is 0 Å². The van der Waals surface area contributed by atoms with E-state index in [0.717, 1.165) is 19.1 Å². The second kappa shape index (κ2) is 5.30. The van der Waals surface area contributed by atoms with Gasteiger partial charge < -0.3 is 4.79 Å². The molecule has 0 aliphatic rings. The number of hydrogen-bond acceptors (Lipinski definition) is 1. The molecule has 2 heteroatoms. The van der Waals surface area contributed by atoms with Crippen LogP contribution in [0.4, 0.5) is 0 Å².